The number of hydrogen-bond acceptors (Lipinski definition) is 2. The van der Waals surface area contributed by atoms with Crippen LogP contribution in [0.25, 0.3) is 11.3 Å². The number of aryl methyl sites for hydroxylation is 2. The Balaban J connectivity index is 2.05. The van der Waals surface area contributed by atoms with E-state index >= 15 is 0 Å². The second-order valence-electron chi connectivity index (χ2n) is 5.84. The van der Waals surface area contributed by atoms with Gasteiger partial charge in [0.05, 0.1) is 11.4 Å². The maximum Gasteiger partial charge on any atom is 0.0713 e. The second-order valence-corrected chi connectivity index (χ2v) is 5.84. The fourth-order valence-electron chi connectivity index (χ4n) is 3.34. The molecule has 1 aliphatic heterocycles. The van der Waals surface area contributed by atoms with Crippen molar-refractivity contribution in [1.29, 1.82) is 0 Å². The highest BCUT2D eigenvalue weighted by Gasteiger charge is 2.23. The van der Waals surface area contributed by atoms with Crippen LogP contribution in [-0.2, 0) is 7.05 Å². The number of benzene rings is 1. The Bertz CT molecular complexity index is 607. The van der Waals surface area contributed by atoms with Crippen LogP contribution in [0.4, 0.5) is 0 Å². The van der Waals surface area contributed by atoms with Crippen molar-refractivity contribution in [3.63, 3.8) is 0 Å². The molecule has 1 saturated heterocycles. The molecule has 0 radical (unpaired) electrons. The summed E-state index contributed by atoms with van der Waals surface area (Å²) < 4.78 is 2.06. The Kier molecular flexibility index (Phi) is 3.62. The lowest BCUT2D eigenvalue weighted by Gasteiger charge is -2.21. The Labute approximate surface area is 121 Å². The normalized spacial score (nSPS) is 19.2. The van der Waals surface area contributed by atoms with E-state index in [1.807, 2.05) is 0 Å². The zero-order valence-electron chi connectivity index (χ0n) is 12.6. The number of nitrogens with zero attached hydrogens (tertiary/aromatic N) is 2. The van der Waals surface area contributed by atoms with Crippen LogP contribution >= 0.6 is 0 Å². The molecule has 0 amide bonds. The number of aromatic nitrogens is 2. The van der Waals surface area contributed by atoms with Crippen molar-refractivity contribution in [1.82, 2.24) is 15.1 Å². The fraction of sp³-hybridized carbons (Fsp3) is 0.471. The van der Waals surface area contributed by atoms with Crippen LogP contribution in [0.1, 0.15) is 35.6 Å². The van der Waals surface area contributed by atoms with Gasteiger partial charge in [0, 0.05) is 25.1 Å². The van der Waals surface area contributed by atoms with Crippen LogP contribution in [0.15, 0.2) is 24.3 Å². The Morgan fingerprint density at radius 2 is 2.05 bits per heavy atom. The summed E-state index contributed by atoms with van der Waals surface area (Å²) in [5, 5.41) is 8.32. The van der Waals surface area contributed by atoms with Gasteiger partial charge in [-0.25, -0.2) is 0 Å². The summed E-state index contributed by atoms with van der Waals surface area (Å²) >= 11 is 0. The van der Waals surface area contributed by atoms with E-state index in [1.165, 1.54) is 40.9 Å². The number of rotatable bonds is 2. The van der Waals surface area contributed by atoms with Gasteiger partial charge in [-0.3, -0.25) is 4.68 Å². The van der Waals surface area contributed by atoms with Gasteiger partial charge >= 0.3 is 0 Å². The van der Waals surface area contributed by atoms with E-state index < -0.39 is 0 Å². The molecule has 1 aliphatic rings. The lowest BCUT2D eigenvalue weighted by atomic mass is 9.92. The zero-order chi connectivity index (χ0) is 14.1. The predicted molar refractivity (Wildman–Crippen MR) is 83.0 cm³/mol. The minimum atomic E-state index is 0.563. The topological polar surface area (TPSA) is 29.9 Å². The number of nitrogens with one attached hydrogen (secondary N) is 1. The van der Waals surface area contributed by atoms with Crippen LogP contribution in [0.3, 0.4) is 0 Å². The maximum atomic E-state index is 4.83. The Hall–Kier alpha value is -1.61. The molecule has 2 aromatic rings. The van der Waals surface area contributed by atoms with E-state index in [2.05, 4.69) is 55.2 Å². The lowest BCUT2D eigenvalue weighted by Crippen LogP contribution is -2.28. The molecule has 1 fully saturated rings. The van der Waals surface area contributed by atoms with Gasteiger partial charge in [-0.05, 0) is 44.4 Å². The Morgan fingerprint density at radius 1 is 1.25 bits per heavy atom. The second kappa shape index (κ2) is 5.41. The van der Waals surface area contributed by atoms with E-state index in [-0.39, 0.29) is 0 Å². The monoisotopic (exact) mass is 269 g/mol. The van der Waals surface area contributed by atoms with Gasteiger partial charge in [0.2, 0.25) is 0 Å². The molecule has 106 valence electrons. The van der Waals surface area contributed by atoms with E-state index in [1.54, 1.807) is 0 Å². The van der Waals surface area contributed by atoms with Crippen molar-refractivity contribution in [3.05, 3.63) is 41.1 Å². The summed E-state index contributed by atoms with van der Waals surface area (Å²) in [4.78, 5) is 0. The molecule has 3 rings (SSSR count). The predicted octanol–water partition coefficient (Wildman–Crippen LogP) is 3.17. The highest BCUT2D eigenvalue weighted by molar-refractivity contribution is 5.68. The SMILES string of the molecule is Cc1ccccc1-c1c(C)c(C2CCCNC2)nn1C. The molecular formula is C17H23N3. The van der Waals surface area contributed by atoms with Crippen molar-refractivity contribution in [2.75, 3.05) is 13.1 Å². The molecule has 1 atom stereocenters. The maximum absolute atomic E-state index is 4.83. The molecule has 1 aromatic heterocycles. The number of piperidine rings is 1. The molecule has 1 unspecified atom stereocenters. The van der Waals surface area contributed by atoms with Crippen molar-refractivity contribution in [2.45, 2.75) is 32.6 Å². The molecule has 20 heavy (non-hydrogen) atoms. The van der Waals surface area contributed by atoms with E-state index in [0.29, 0.717) is 5.92 Å². The first-order valence-electron chi connectivity index (χ1n) is 7.48. The lowest BCUT2D eigenvalue weighted by molar-refractivity contribution is 0.450. The van der Waals surface area contributed by atoms with Crippen LogP contribution < -0.4 is 5.32 Å². The van der Waals surface area contributed by atoms with Crippen molar-refractivity contribution >= 4 is 0 Å². The first-order valence-corrected chi connectivity index (χ1v) is 7.48. The third-order valence-electron chi connectivity index (χ3n) is 4.40. The van der Waals surface area contributed by atoms with Crippen LogP contribution in [0, 0.1) is 13.8 Å². The van der Waals surface area contributed by atoms with Gasteiger partial charge < -0.3 is 5.32 Å². The molecule has 3 nitrogen and oxygen atoms in total. The summed E-state index contributed by atoms with van der Waals surface area (Å²) in [6.45, 7) is 6.60. The highest BCUT2D eigenvalue weighted by atomic mass is 15.3. The minimum absolute atomic E-state index is 0.563. The average molecular weight is 269 g/mol. The van der Waals surface area contributed by atoms with E-state index in [0.717, 1.165) is 13.1 Å². The molecule has 0 spiro atoms. The van der Waals surface area contributed by atoms with E-state index in [9.17, 15) is 0 Å². The zero-order valence-corrected chi connectivity index (χ0v) is 12.6. The van der Waals surface area contributed by atoms with Gasteiger partial charge in [-0.15, -0.1) is 0 Å². The van der Waals surface area contributed by atoms with Crippen LogP contribution in [0.2, 0.25) is 0 Å². The van der Waals surface area contributed by atoms with Crippen molar-refractivity contribution in [3.8, 4) is 11.3 Å². The van der Waals surface area contributed by atoms with Gasteiger partial charge in [0.15, 0.2) is 0 Å². The summed E-state index contributed by atoms with van der Waals surface area (Å²) in [5.41, 5.74) is 6.50. The third kappa shape index (κ3) is 2.27. The standard InChI is InChI=1S/C17H23N3/c1-12-7-4-5-9-15(12)17-13(2)16(19-20(17)3)14-8-6-10-18-11-14/h4-5,7,9,14,18H,6,8,10-11H2,1-3H3. The molecule has 1 N–H and O–H groups in total. The van der Waals surface area contributed by atoms with Crippen molar-refractivity contribution in [2.24, 2.45) is 7.05 Å². The minimum Gasteiger partial charge on any atom is -0.316 e. The van der Waals surface area contributed by atoms with Gasteiger partial charge in [0.1, 0.15) is 0 Å². The molecule has 2 heterocycles. The summed E-state index contributed by atoms with van der Waals surface area (Å²) in [7, 11) is 2.06. The van der Waals surface area contributed by atoms with E-state index in [4.69, 9.17) is 5.10 Å². The van der Waals surface area contributed by atoms with Crippen LogP contribution in [-0.4, -0.2) is 22.9 Å². The van der Waals surface area contributed by atoms with Crippen molar-refractivity contribution < 1.29 is 0 Å². The van der Waals surface area contributed by atoms with Gasteiger partial charge in [-0.2, -0.15) is 5.10 Å². The summed E-state index contributed by atoms with van der Waals surface area (Å²) in [5.74, 6) is 0.563. The van der Waals surface area contributed by atoms with Gasteiger partial charge in [0.25, 0.3) is 0 Å². The number of hydrogen-bond donors (Lipinski definition) is 1. The smallest absolute Gasteiger partial charge is 0.0713 e. The molecule has 3 heteroatoms. The Morgan fingerprint density at radius 3 is 2.75 bits per heavy atom. The third-order valence-corrected chi connectivity index (χ3v) is 4.40. The van der Waals surface area contributed by atoms with Gasteiger partial charge in [-0.1, -0.05) is 24.3 Å². The molecular weight excluding hydrogens is 246 g/mol. The molecule has 1 aromatic carbocycles. The molecule has 0 aliphatic carbocycles. The van der Waals surface area contributed by atoms with Crippen LogP contribution in [0.5, 0.6) is 0 Å². The molecule has 0 saturated carbocycles. The summed E-state index contributed by atoms with van der Waals surface area (Å²) in [6, 6.07) is 8.57. The first-order chi connectivity index (χ1) is 9.68. The summed E-state index contributed by atoms with van der Waals surface area (Å²) in [6.07, 6.45) is 2.50. The molecule has 0 bridgehead atoms. The average Bonchev–Trinajstić information content (AvgIpc) is 2.76. The first kappa shape index (κ1) is 13.4. The largest absolute Gasteiger partial charge is 0.316 e. The highest BCUT2D eigenvalue weighted by Crippen LogP contribution is 2.33. The quantitative estimate of drug-likeness (QED) is 0.907. The fourth-order valence-corrected chi connectivity index (χ4v) is 3.34.